The van der Waals surface area contributed by atoms with Crippen LogP contribution in [-0.4, -0.2) is 25.2 Å². The van der Waals surface area contributed by atoms with Crippen molar-refractivity contribution >= 4 is 17.7 Å². The number of carbonyl (C=O) groups is 1. The summed E-state index contributed by atoms with van der Waals surface area (Å²) < 4.78 is 5.45. The van der Waals surface area contributed by atoms with Crippen LogP contribution in [0.1, 0.15) is 25.0 Å². The van der Waals surface area contributed by atoms with E-state index in [0.29, 0.717) is 6.54 Å². The molecule has 0 aliphatic carbocycles. The normalized spacial score (nSPS) is 23.5. The van der Waals surface area contributed by atoms with Gasteiger partial charge in [-0.25, -0.2) is 0 Å². The Morgan fingerprint density at radius 2 is 1.84 bits per heavy atom. The summed E-state index contributed by atoms with van der Waals surface area (Å²) in [6.45, 7) is 4.74. The van der Waals surface area contributed by atoms with Gasteiger partial charge in [-0.05, 0) is 23.8 Å². The molecular formula is C21H22N2O2. The number of carbonyl (C=O) groups excluding carboxylic acids is 1. The summed E-state index contributed by atoms with van der Waals surface area (Å²) in [4.78, 5) is 14.5. The number of hydrogen-bond acceptors (Lipinski definition) is 3. The van der Waals surface area contributed by atoms with E-state index in [1.165, 1.54) is 5.56 Å². The highest BCUT2D eigenvalue weighted by Gasteiger charge is 2.59. The van der Waals surface area contributed by atoms with E-state index in [9.17, 15) is 4.79 Å². The molecule has 4 rings (SSSR count). The number of nitrogens with zero attached hydrogens (tertiary/aromatic N) is 1. The van der Waals surface area contributed by atoms with Crippen LogP contribution in [0.15, 0.2) is 54.6 Å². The lowest BCUT2D eigenvalue weighted by Gasteiger charge is -2.40. The molecule has 128 valence electrons. The standard InChI is InChI=1S/C21H22N2O2/c1-20(2)16-9-5-6-10-17(16)23-14-19(24)22-21(20,23)13-12-15-8-4-7-11-18(15)25-3/h4-13H,14H2,1-3H3,(H,22,24)/b13-12+/t21-/m0/s1. The molecule has 2 aliphatic heterocycles. The van der Waals surface area contributed by atoms with Gasteiger partial charge >= 0.3 is 0 Å². The Kier molecular flexibility index (Phi) is 3.39. The van der Waals surface area contributed by atoms with Crippen LogP contribution in [0.4, 0.5) is 5.69 Å². The summed E-state index contributed by atoms with van der Waals surface area (Å²) in [5.41, 5.74) is 2.53. The minimum atomic E-state index is -0.575. The average Bonchev–Trinajstić information content (AvgIpc) is 3.05. The van der Waals surface area contributed by atoms with Gasteiger partial charge in [0.2, 0.25) is 5.91 Å². The van der Waals surface area contributed by atoms with Crippen LogP contribution in [0, 0.1) is 0 Å². The van der Waals surface area contributed by atoms with Crippen LogP contribution in [0.2, 0.25) is 0 Å². The number of rotatable bonds is 3. The molecule has 0 unspecified atom stereocenters. The molecule has 1 fully saturated rings. The van der Waals surface area contributed by atoms with Gasteiger partial charge in [0.05, 0.1) is 13.7 Å². The fourth-order valence-electron chi connectivity index (χ4n) is 4.15. The van der Waals surface area contributed by atoms with Crippen molar-refractivity contribution in [1.29, 1.82) is 0 Å². The first kappa shape index (κ1) is 15.8. The predicted octanol–water partition coefficient (Wildman–Crippen LogP) is 3.33. The number of anilines is 1. The first-order valence-electron chi connectivity index (χ1n) is 8.50. The molecular weight excluding hydrogens is 312 g/mol. The number of fused-ring (bicyclic) bond motifs is 3. The molecule has 0 saturated carbocycles. The van der Waals surface area contributed by atoms with Gasteiger partial charge in [0, 0.05) is 16.7 Å². The summed E-state index contributed by atoms with van der Waals surface area (Å²) in [5.74, 6) is 0.867. The van der Waals surface area contributed by atoms with E-state index in [4.69, 9.17) is 4.74 Å². The molecule has 1 atom stereocenters. The van der Waals surface area contributed by atoms with Gasteiger partial charge in [-0.2, -0.15) is 0 Å². The number of amides is 1. The minimum absolute atomic E-state index is 0.0484. The topological polar surface area (TPSA) is 41.6 Å². The van der Waals surface area contributed by atoms with Gasteiger partial charge in [-0.15, -0.1) is 0 Å². The van der Waals surface area contributed by atoms with Gasteiger partial charge in [0.1, 0.15) is 11.4 Å². The third-order valence-electron chi connectivity index (χ3n) is 5.52. The number of nitrogens with one attached hydrogen (secondary N) is 1. The Labute approximate surface area is 148 Å². The van der Waals surface area contributed by atoms with Crippen molar-refractivity contribution in [1.82, 2.24) is 5.32 Å². The maximum Gasteiger partial charge on any atom is 0.241 e. The Hall–Kier alpha value is -2.75. The zero-order valence-electron chi connectivity index (χ0n) is 14.7. The second-order valence-corrected chi connectivity index (χ2v) is 7.12. The van der Waals surface area contributed by atoms with Crippen LogP contribution >= 0.6 is 0 Å². The summed E-state index contributed by atoms with van der Waals surface area (Å²) in [6, 6.07) is 16.2. The molecule has 0 aromatic heterocycles. The Morgan fingerprint density at radius 1 is 1.12 bits per heavy atom. The van der Waals surface area contributed by atoms with Crippen molar-refractivity contribution in [3.05, 3.63) is 65.7 Å². The van der Waals surface area contributed by atoms with Gasteiger partial charge in [0.25, 0.3) is 0 Å². The number of ether oxygens (including phenoxy) is 1. The molecule has 2 aliphatic rings. The summed E-state index contributed by atoms with van der Waals surface area (Å²) in [5, 5.41) is 3.23. The lowest BCUT2D eigenvalue weighted by molar-refractivity contribution is -0.118. The Balaban J connectivity index is 1.84. The first-order chi connectivity index (χ1) is 12.0. The Bertz CT molecular complexity index is 872. The molecule has 0 bridgehead atoms. The van der Waals surface area contributed by atoms with Crippen molar-refractivity contribution in [2.24, 2.45) is 0 Å². The lowest BCUT2D eigenvalue weighted by Crippen LogP contribution is -2.58. The second kappa shape index (κ2) is 5.38. The molecule has 2 heterocycles. The fourth-order valence-corrected chi connectivity index (χ4v) is 4.15. The molecule has 1 amide bonds. The van der Waals surface area contributed by atoms with Crippen molar-refractivity contribution in [2.45, 2.75) is 24.9 Å². The van der Waals surface area contributed by atoms with E-state index in [1.807, 2.05) is 36.4 Å². The van der Waals surface area contributed by atoms with E-state index in [2.05, 4.69) is 48.3 Å². The van der Waals surface area contributed by atoms with Crippen molar-refractivity contribution < 1.29 is 9.53 Å². The minimum Gasteiger partial charge on any atom is -0.496 e. The maximum atomic E-state index is 12.3. The van der Waals surface area contributed by atoms with Crippen molar-refractivity contribution in [2.75, 3.05) is 18.6 Å². The fraction of sp³-hybridized carbons (Fsp3) is 0.286. The van der Waals surface area contributed by atoms with Crippen LogP contribution in [0.25, 0.3) is 6.08 Å². The molecule has 1 saturated heterocycles. The first-order valence-corrected chi connectivity index (χ1v) is 8.50. The van der Waals surface area contributed by atoms with Gasteiger partial charge in [-0.3, -0.25) is 4.79 Å². The molecule has 0 radical (unpaired) electrons. The monoisotopic (exact) mass is 334 g/mol. The van der Waals surface area contributed by atoms with E-state index >= 15 is 0 Å². The third-order valence-corrected chi connectivity index (χ3v) is 5.52. The van der Waals surface area contributed by atoms with Crippen LogP contribution in [0.3, 0.4) is 0 Å². The smallest absolute Gasteiger partial charge is 0.241 e. The summed E-state index contributed by atoms with van der Waals surface area (Å²) in [7, 11) is 1.67. The van der Waals surface area contributed by atoms with E-state index in [0.717, 1.165) is 17.0 Å². The highest BCUT2D eigenvalue weighted by molar-refractivity contribution is 5.91. The number of methoxy groups -OCH3 is 1. The molecule has 2 aromatic rings. The zero-order chi connectivity index (χ0) is 17.7. The van der Waals surface area contributed by atoms with Gasteiger partial charge in [-0.1, -0.05) is 56.3 Å². The lowest BCUT2D eigenvalue weighted by atomic mass is 9.75. The number of hydrogen-bond donors (Lipinski definition) is 1. The number of benzene rings is 2. The summed E-state index contributed by atoms with van der Waals surface area (Å²) >= 11 is 0. The van der Waals surface area contributed by atoms with Crippen LogP contribution in [-0.2, 0) is 10.2 Å². The third kappa shape index (κ3) is 2.10. The van der Waals surface area contributed by atoms with Crippen molar-refractivity contribution in [3.8, 4) is 5.75 Å². The average molecular weight is 334 g/mol. The highest BCUT2D eigenvalue weighted by atomic mass is 16.5. The van der Waals surface area contributed by atoms with Gasteiger partial charge < -0.3 is 15.0 Å². The van der Waals surface area contributed by atoms with Crippen LogP contribution < -0.4 is 15.0 Å². The quantitative estimate of drug-likeness (QED) is 0.936. The van der Waals surface area contributed by atoms with Crippen LogP contribution in [0.5, 0.6) is 5.75 Å². The van der Waals surface area contributed by atoms with Gasteiger partial charge in [0.15, 0.2) is 0 Å². The molecule has 4 nitrogen and oxygen atoms in total. The number of para-hydroxylation sites is 2. The molecule has 2 aromatic carbocycles. The maximum absolute atomic E-state index is 12.3. The van der Waals surface area contributed by atoms with Crippen molar-refractivity contribution in [3.63, 3.8) is 0 Å². The van der Waals surface area contributed by atoms with E-state index in [-0.39, 0.29) is 11.3 Å². The molecule has 0 spiro atoms. The SMILES string of the molecule is COc1ccccc1/C=C/[C@]12NC(=O)CN1c1ccccc1C2(C)C. The zero-order valence-corrected chi connectivity index (χ0v) is 14.7. The highest BCUT2D eigenvalue weighted by Crippen LogP contribution is 2.52. The largest absolute Gasteiger partial charge is 0.496 e. The molecule has 25 heavy (non-hydrogen) atoms. The van der Waals surface area contributed by atoms with E-state index < -0.39 is 5.66 Å². The molecule has 1 N–H and O–H groups in total. The Morgan fingerprint density at radius 3 is 2.64 bits per heavy atom. The predicted molar refractivity (Wildman–Crippen MR) is 99.7 cm³/mol. The molecule has 4 heteroatoms. The van der Waals surface area contributed by atoms with E-state index in [1.54, 1.807) is 7.11 Å². The summed E-state index contributed by atoms with van der Waals surface area (Å²) in [6.07, 6.45) is 4.15. The second-order valence-electron chi connectivity index (χ2n) is 7.12.